The third kappa shape index (κ3) is 9.58. The molecular formula is C25H29ClN4O5. The van der Waals surface area contributed by atoms with Gasteiger partial charge in [0.2, 0.25) is 17.7 Å². The fourth-order valence-corrected chi connectivity index (χ4v) is 3.39. The number of methoxy groups -OCH3 is 1. The molecule has 2 aromatic carbocycles. The SMILES string of the molecule is COc1ccc(CNC(=O)[C@H](CCC(=O)C=N)NC(=O)[C@H](Cc2ccc(Cl)cc2)NC(C)=O)cc1. The zero-order valence-electron chi connectivity index (χ0n) is 19.6. The summed E-state index contributed by atoms with van der Waals surface area (Å²) in [4.78, 5) is 49.3. The third-order valence-electron chi connectivity index (χ3n) is 5.15. The van der Waals surface area contributed by atoms with Crippen molar-refractivity contribution in [3.05, 3.63) is 64.7 Å². The molecule has 186 valence electrons. The second kappa shape index (κ2) is 13.9. The van der Waals surface area contributed by atoms with Gasteiger partial charge in [-0.15, -0.1) is 0 Å². The van der Waals surface area contributed by atoms with E-state index in [4.69, 9.17) is 21.7 Å². The van der Waals surface area contributed by atoms with Gasteiger partial charge in [0.15, 0.2) is 5.78 Å². The Morgan fingerprint density at radius 2 is 1.57 bits per heavy atom. The highest BCUT2D eigenvalue weighted by Gasteiger charge is 2.27. The number of hydrogen-bond donors (Lipinski definition) is 4. The van der Waals surface area contributed by atoms with Crippen LogP contribution in [0.15, 0.2) is 48.5 Å². The van der Waals surface area contributed by atoms with Crippen LogP contribution in [-0.4, -0.2) is 48.9 Å². The first-order valence-corrected chi connectivity index (χ1v) is 11.4. The zero-order chi connectivity index (χ0) is 25.8. The molecule has 0 heterocycles. The van der Waals surface area contributed by atoms with Gasteiger partial charge in [0.25, 0.3) is 0 Å². The van der Waals surface area contributed by atoms with Gasteiger partial charge in [-0.3, -0.25) is 19.2 Å². The van der Waals surface area contributed by atoms with E-state index in [9.17, 15) is 19.2 Å². The van der Waals surface area contributed by atoms with Crippen molar-refractivity contribution in [2.75, 3.05) is 7.11 Å². The Bertz CT molecular complexity index is 1040. The highest BCUT2D eigenvalue weighted by molar-refractivity contribution is 6.30. The number of nitrogens with one attached hydrogen (secondary N) is 4. The number of hydrogen-bond acceptors (Lipinski definition) is 6. The normalized spacial score (nSPS) is 12.1. The quantitative estimate of drug-likeness (QED) is 0.312. The molecule has 2 atom stereocenters. The van der Waals surface area contributed by atoms with E-state index in [-0.39, 0.29) is 25.8 Å². The summed E-state index contributed by atoms with van der Waals surface area (Å²) >= 11 is 5.92. The number of ether oxygens (including phenoxy) is 1. The molecule has 2 aromatic rings. The molecule has 0 aliphatic heterocycles. The average molecular weight is 501 g/mol. The summed E-state index contributed by atoms with van der Waals surface area (Å²) in [5, 5.41) is 15.6. The summed E-state index contributed by atoms with van der Waals surface area (Å²) in [5.74, 6) is -1.24. The first-order valence-electron chi connectivity index (χ1n) is 11.0. The molecule has 0 aliphatic carbocycles. The van der Waals surface area contributed by atoms with E-state index in [1.54, 1.807) is 55.6 Å². The Morgan fingerprint density at radius 3 is 2.14 bits per heavy atom. The Balaban J connectivity index is 2.11. The lowest BCUT2D eigenvalue weighted by atomic mass is 10.0. The van der Waals surface area contributed by atoms with Crippen molar-refractivity contribution in [2.24, 2.45) is 0 Å². The lowest BCUT2D eigenvalue weighted by Gasteiger charge is -2.23. The van der Waals surface area contributed by atoms with Crippen LogP contribution in [-0.2, 0) is 32.1 Å². The number of Topliss-reactive ketones (excluding diaryl/α,β-unsaturated/α-hetero) is 1. The van der Waals surface area contributed by atoms with Crippen molar-refractivity contribution in [3.8, 4) is 5.75 Å². The molecule has 10 heteroatoms. The summed E-state index contributed by atoms with van der Waals surface area (Å²) in [6, 6.07) is 12.0. The first kappa shape index (κ1) is 27.5. The monoisotopic (exact) mass is 500 g/mol. The molecule has 0 spiro atoms. The number of carbonyl (C=O) groups excluding carboxylic acids is 4. The fraction of sp³-hybridized carbons (Fsp3) is 0.320. The minimum atomic E-state index is -1.04. The van der Waals surface area contributed by atoms with E-state index >= 15 is 0 Å². The van der Waals surface area contributed by atoms with Crippen molar-refractivity contribution < 1.29 is 23.9 Å². The fourth-order valence-electron chi connectivity index (χ4n) is 3.27. The van der Waals surface area contributed by atoms with Crippen molar-refractivity contribution in [1.82, 2.24) is 16.0 Å². The highest BCUT2D eigenvalue weighted by Crippen LogP contribution is 2.13. The number of ketones is 1. The second-order valence-electron chi connectivity index (χ2n) is 7.86. The van der Waals surface area contributed by atoms with E-state index < -0.39 is 35.6 Å². The van der Waals surface area contributed by atoms with E-state index in [1.807, 2.05) is 0 Å². The molecule has 0 unspecified atom stereocenters. The number of rotatable bonds is 13. The molecule has 0 aromatic heterocycles. The molecule has 0 saturated carbocycles. The van der Waals surface area contributed by atoms with Gasteiger partial charge >= 0.3 is 0 Å². The number of halogens is 1. The van der Waals surface area contributed by atoms with Crippen molar-refractivity contribution in [3.63, 3.8) is 0 Å². The Hall–Kier alpha value is -3.72. The van der Waals surface area contributed by atoms with Gasteiger partial charge in [-0.1, -0.05) is 35.9 Å². The molecule has 0 aliphatic rings. The van der Waals surface area contributed by atoms with Crippen LogP contribution in [0.5, 0.6) is 5.75 Å². The average Bonchev–Trinajstić information content (AvgIpc) is 2.85. The van der Waals surface area contributed by atoms with Crippen LogP contribution in [0.25, 0.3) is 0 Å². The lowest BCUT2D eigenvalue weighted by Crippen LogP contribution is -2.54. The van der Waals surface area contributed by atoms with Gasteiger partial charge in [-0.05, 0) is 41.8 Å². The van der Waals surface area contributed by atoms with Gasteiger partial charge in [0, 0.05) is 31.3 Å². The van der Waals surface area contributed by atoms with Crippen LogP contribution in [0.4, 0.5) is 0 Å². The summed E-state index contributed by atoms with van der Waals surface area (Å²) in [5.41, 5.74) is 1.58. The van der Waals surface area contributed by atoms with Crippen molar-refractivity contribution in [2.45, 2.75) is 44.8 Å². The molecule has 0 fully saturated rings. The molecule has 35 heavy (non-hydrogen) atoms. The van der Waals surface area contributed by atoms with Crippen LogP contribution in [0, 0.1) is 5.41 Å². The number of amides is 3. The molecule has 4 N–H and O–H groups in total. The maximum atomic E-state index is 13.0. The first-order chi connectivity index (χ1) is 16.7. The minimum Gasteiger partial charge on any atom is -0.497 e. The topological polar surface area (TPSA) is 137 Å². The Morgan fingerprint density at radius 1 is 0.943 bits per heavy atom. The molecule has 9 nitrogen and oxygen atoms in total. The summed E-state index contributed by atoms with van der Waals surface area (Å²) < 4.78 is 5.12. The minimum absolute atomic E-state index is 0.00212. The molecule has 3 amide bonds. The van der Waals surface area contributed by atoms with Gasteiger partial charge < -0.3 is 26.1 Å². The highest BCUT2D eigenvalue weighted by atomic mass is 35.5. The lowest BCUT2D eigenvalue weighted by molar-refractivity contribution is -0.132. The van der Waals surface area contributed by atoms with Crippen LogP contribution in [0.3, 0.4) is 0 Å². The van der Waals surface area contributed by atoms with E-state index in [1.165, 1.54) is 6.92 Å². The van der Waals surface area contributed by atoms with Crippen LogP contribution in [0.1, 0.15) is 30.9 Å². The number of benzene rings is 2. The summed E-state index contributed by atoms with van der Waals surface area (Å²) in [6.45, 7) is 1.50. The molecular weight excluding hydrogens is 472 g/mol. The summed E-state index contributed by atoms with van der Waals surface area (Å²) in [6.07, 6.45) is 0.769. The predicted octanol–water partition coefficient (Wildman–Crippen LogP) is 2.20. The molecule has 2 rings (SSSR count). The van der Waals surface area contributed by atoms with Gasteiger partial charge in [0.05, 0.1) is 13.3 Å². The van der Waals surface area contributed by atoms with Gasteiger partial charge in [0.1, 0.15) is 17.8 Å². The second-order valence-corrected chi connectivity index (χ2v) is 8.30. The van der Waals surface area contributed by atoms with Gasteiger partial charge in [-0.2, -0.15) is 0 Å². The van der Waals surface area contributed by atoms with Crippen LogP contribution in [0.2, 0.25) is 5.02 Å². The molecule has 0 radical (unpaired) electrons. The smallest absolute Gasteiger partial charge is 0.243 e. The van der Waals surface area contributed by atoms with E-state index in [0.29, 0.717) is 17.0 Å². The Kier molecular flexibility index (Phi) is 10.9. The summed E-state index contributed by atoms with van der Waals surface area (Å²) in [7, 11) is 1.56. The zero-order valence-corrected chi connectivity index (χ0v) is 20.4. The maximum absolute atomic E-state index is 13.0. The molecule has 0 bridgehead atoms. The van der Waals surface area contributed by atoms with E-state index in [0.717, 1.165) is 11.1 Å². The third-order valence-corrected chi connectivity index (χ3v) is 5.40. The van der Waals surface area contributed by atoms with Crippen LogP contribution >= 0.6 is 11.6 Å². The Labute approximate surface area is 209 Å². The largest absolute Gasteiger partial charge is 0.497 e. The van der Waals surface area contributed by atoms with Crippen LogP contribution < -0.4 is 20.7 Å². The van der Waals surface area contributed by atoms with Crippen molar-refractivity contribution in [1.29, 1.82) is 5.41 Å². The van der Waals surface area contributed by atoms with Crippen molar-refractivity contribution >= 4 is 41.3 Å². The number of carbonyl (C=O) groups is 4. The predicted molar refractivity (Wildman–Crippen MR) is 133 cm³/mol. The molecule has 0 saturated heterocycles. The maximum Gasteiger partial charge on any atom is 0.243 e. The van der Waals surface area contributed by atoms with Gasteiger partial charge in [-0.25, -0.2) is 0 Å². The standard InChI is InChI=1S/C25H29ClN4O5/c1-16(31)29-23(13-17-3-7-19(26)8-4-17)25(34)30-22(12-9-20(32)14-27)24(33)28-15-18-5-10-21(35-2)11-6-18/h3-8,10-11,14,22-23,27H,9,12-13,15H2,1-2H3,(H,28,33)(H,29,31)(H,30,34)/t22-,23-/m0/s1. The van der Waals surface area contributed by atoms with E-state index in [2.05, 4.69) is 16.0 Å².